The SMILES string of the molecule is CC(C)(CCn1cnc2c(=O)[nH]c(N)nc21)CCP(=O)(O)O.Cc1oncc1C(=O)Nc1ccc(C(F)(F)F)cc1.Nc1cc2c(CN3CC(O)C(CO)C3)c[nH]c2c(=O)[nH]1.Nc1nc2c([C@@H](CO)c3ccccc3F)c[nH]c2c(=O)[nH]1.Nc1nc2c(ncn2Cc2ccccc2/C=C/P(=O)(O)O)c(=O)[nH]1. The average Bonchev–Trinajstić information content (AvgIpc) is 1.61. The van der Waals surface area contributed by atoms with Crippen molar-refractivity contribution in [3.05, 3.63) is 208 Å². The second-order valence-corrected chi connectivity index (χ2v) is 28.3. The number of alkyl halides is 3. The lowest BCUT2D eigenvalue weighted by molar-refractivity contribution is -0.137. The van der Waals surface area contributed by atoms with E-state index in [1.165, 1.54) is 43.1 Å². The highest BCUT2D eigenvalue weighted by molar-refractivity contribution is 7.55. The number of amides is 1. The number of pyridine rings is 1. The number of carbonyl (C=O) groups is 1. The van der Waals surface area contributed by atoms with E-state index in [1.54, 1.807) is 70.9 Å². The number of nitrogens with two attached hydrogens (primary N) is 4. The van der Waals surface area contributed by atoms with E-state index in [-0.39, 0.29) is 87.5 Å². The molecule has 3 atom stereocenters. The third-order valence-electron chi connectivity index (χ3n) is 16.7. The molecule has 1 fully saturated rings. The Bertz CT molecular complexity index is 5480. The summed E-state index contributed by atoms with van der Waals surface area (Å²) in [5, 5.41) is 35.3. The van der Waals surface area contributed by atoms with E-state index in [0.717, 1.165) is 34.5 Å². The van der Waals surface area contributed by atoms with E-state index in [1.807, 2.05) is 19.9 Å². The van der Waals surface area contributed by atoms with Crippen molar-refractivity contribution in [2.24, 2.45) is 11.3 Å². The molecule has 9 aromatic heterocycles. The van der Waals surface area contributed by atoms with Gasteiger partial charge in [0.05, 0.1) is 49.8 Å². The number of hydrogen-bond acceptors (Lipinski definition) is 22. The van der Waals surface area contributed by atoms with E-state index in [9.17, 15) is 66.0 Å². The van der Waals surface area contributed by atoms with E-state index in [0.29, 0.717) is 96.2 Å². The Hall–Kier alpha value is -11.3. The molecule has 1 aliphatic rings. The lowest BCUT2D eigenvalue weighted by Gasteiger charge is -2.24. The predicted octanol–water partition coefficient (Wildman–Crippen LogP) is 5.16. The van der Waals surface area contributed by atoms with Gasteiger partial charge in [0.25, 0.3) is 28.1 Å². The van der Waals surface area contributed by atoms with Crippen molar-refractivity contribution in [1.82, 2.24) is 74.0 Å². The molecule has 1 saturated heterocycles. The number of aliphatic hydroxyl groups excluding tert-OH is 3. The van der Waals surface area contributed by atoms with Crippen molar-refractivity contribution in [2.75, 3.05) is 60.7 Å². The second-order valence-electron chi connectivity index (χ2n) is 25.1. The zero-order chi connectivity index (χ0) is 77.2. The highest BCUT2D eigenvalue weighted by atomic mass is 31.2. The largest absolute Gasteiger partial charge is 0.416 e. The molecular formula is C65H74F4N20O15P2. The molecule has 3 aromatic carbocycles. The summed E-state index contributed by atoms with van der Waals surface area (Å²) >= 11 is 0. The van der Waals surface area contributed by atoms with Crippen molar-refractivity contribution in [2.45, 2.75) is 71.4 Å². The topological polar surface area (TPSA) is 576 Å². The fraction of sp³-hybridized carbons (Fsp3) is 0.277. The molecule has 562 valence electrons. The molecule has 0 saturated carbocycles. The standard InChI is InChI=1S/C14H13FN4O2.C14H14N5O4P.C13H18N4O3.C12H9F3N2O2.C12H20N5O4P/c15-10-4-2-1-3-7(10)9(6-20)8-5-17-12-11(8)18-14(16)19-13(12)21;15-14-17-12-11(13(20)18-14)16-8-19(12)7-10-4-2-1-3-9(10)5-6-24(21,22)23;14-11-1-9-7(2-15-12(9)13(20)16-11)3-17-4-8(6-18)10(19)5-17;1-7-10(6-16-19-7)11(18)17-9-4-2-8(3-5-9)12(13,14)15;1-12(2,4-6-22(19,20)21)3-5-17-7-14-8-9(17)15-11(13)16-10(8)18/h1-5,9,17,20H,6H2,(H3,16,18,19,21);1-6,8H,7H2,(H2,21,22,23)(H3,15,17,18,20);1-2,8,10,15,18-19H,3-6H2,(H3,14,16,20);2-6H,1H3,(H,17,18);7H,3-6H2,1-2H3,(H2,19,20,21)(H3,13,15,16,18)/b;6-5+;;;/t9-;;;;/m0..../s1. The number of hydrogen-bond donors (Lipinski definition) is 18. The number of aryl methyl sites for hydroxylation is 2. The van der Waals surface area contributed by atoms with Gasteiger partial charge in [-0.05, 0) is 89.9 Å². The van der Waals surface area contributed by atoms with Gasteiger partial charge >= 0.3 is 21.4 Å². The molecule has 106 heavy (non-hydrogen) atoms. The minimum absolute atomic E-state index is 0.0102. The zero-order valence-corrected chi connectivity index (χ0v) is 58.3. The fourth-order valence-corrected chi connectivity index (χ4v) is 12.4. The van der Waals surface area contributed by atoms with Crippen molar-refractivity contribution < 1.29 is 70.9 Å². The summed E-state index contributed by atoms with van der Waals surface area (Å²) in [7, 11) is -8.24. The van der Waals surface area contributed by atoms with E-state index in [4.69, 9.17) is 47.0 Å². The minimum Gasteiger partial charge on any atom is -0.396 e. The Kier molecular flexibility index (Phi) is 24.7. The number of aromatic amines is 6. The number of benzene rings is 3. The van der Waals surface area contributed by atoms with Gasteiger partial charge in [0.2, 0.25) is 17.8 Å². The lowest BCUT2D eigenvalue weighted by Crippen LogP contribution is -2.21. The molecule has 0 aliphatic carbocycles. The highest BCUT2D eigenvalue weighted by Gasteiger charge is 2.32. The van der Waals surface area contributed by atoms with Crippen LogP contribution < -0.4 is 50.5 Å². The number of aliphatic hydroxyl groups is 3. The van der Waals surface area contributed by atoms with Crippen molar-refractivity contribution in [1.29, 1.82) is 0 Å². The first-order chi connectivity index (χ1) is 50.0. The van der Waals surface area contributed by atoms with Crippen LogP contribution in [-0.2, 0) is 34.9 Å². The monoisotopic (exact) mass is 1510 g/mol. The molecule has 22 N–H and O–H groups in total. The third-order valence-corrected chi connectivity index (χ3v) is 18.1. The Morgan fingerprint density at radius 1 is 0.736 bits per heavy atom. The quantitative estimate of drug-likeness (QED) is 0.0389. The fourth-order valence-electron chi connectivity index (χ4n) is 11.2. The van der Waals surface area contributed by atoms with Crippen LogP contribution in [0.1, 0.15) is 82.1 Å². The maximum absolute atomic E-state index is 13.9. The van der Waals surface area contributed by atoms with E-state index >= 15 is 0 Å². The van der Waals surface area contributed by atoms with Gasteiger partial charge in [0.1, 0.15) is 39.5 Å². The van der Waals surface area contributed by atoms with Gasteiger partial charge in [0, 0.05) is 79.5 Å². The molecule has 1 aliphatic heterocycles. The van der Waals surface area contributed by atoms with Gasteiger partial charge in [-0.2, -0.15) is 23.1 Å². The molecule has 12 aromatic rings. The van der Waals surface area contributed by atoms with Crippen LogP contribution in [0.3, 0.4) is 0 Å². The minimum atomic E-state index is -4.40. The Morgan fingerprint density at radius 2 is 1.34 bits per heavy atom. The number of halogens is 4. The van der Waals surface area contributed by atoms with E-state index < -0.39 is 61.8 Å². The summed E-state index contributed by atoms with van der Waals surface area (Å²) in [5.41, 5.74) is 25.8. The maximum Gasteiger partial charge on any atom is 0.416 e. The van der Waals surface area contributed by atoms with Crippen molar-refractivity contribution in [3.8, 4) is 0 Å². The molecular weight excluding hydrogens is 1440 g/mol. The molecule has 13 rings (SSSR count). The number of carbonyl (C=O) groups excluding carboxylic acids is 1. The molecule has 0 bridgehead atoms. The number of anilines is 5. The number of H-pyrrole nitrogens is 6. The summed E-state index contributed by atoms with van der Waals surface area (Å²) in [6.07, 6.45) is 4.95. The summed E-state index contributed by atoms with van der Waals surface area (Å²) in [4.78, 5) is 132. The van der Waals surface area contributed by atoms with Gasteiger partial charge in [-0.3, -0.25) is 53.0 Å². The van der Waals surface area contributed by atoms with Gasteiger partial charge in [-0.1, -0.05) is 61.5 Å². The number of imidazole rings is 2. The summed E-state index contributed by atoms with van der Waals surface area (Å²) in [5.74, 6) is -0.145. The highest BCUT2D eigenvalue weighted by Crippen LogP contribution is 2.41. The van der Waals surface area contributed by atoms with Crippen molar-refractivity contribution >= 4 is 101 Å². The first-order valence-electron chi connectivity index (χ1n) is 31.9. The van der Waals surface area contributed by atoms with Crippen LogP contribution in [0.2, 0.25) is 0 Å². The number of rotatable bonds is 18. The summed E-state index contributed by atoms with van der Waals surface area (Å²) in [6.45, 7) is 7.73. The first kappa shape index (κ1) is 78.9. The number of nitrogens with one attached hydrogen (secondary N) is 7. The molecule has 41 heteroatoms. The summed E-state index contributed by atoms with van der Waals surface area (Å²) < 4.78 is 81.1. The number of fused-ring (bicyclic) bond motifs is 4. The predicted molar refractivity (Wildman–Crippen MR) is 384 cm³/mol. The molecule has 10 heterocycles. The van der Waals surface area contributed by atoms with Gasteiger partial charge < -0.3 is 91.8 Å². The van der Waals surface area contributed by atoms with Crippen LogP contribution in [0.25, 0.3) is 50.3 Å². The molecule has 2 unspecified atom stereocenters. The Balaban J connectivity index is 0.000000154. The number of aromatic nitrogens is 14. The van der Waals surface area contributed by atoms with Crippen LogP contribution in [0.15, 0.2) is 140 Å². The molecule has 1 amide bonds. The number of nitrogens with zero attached hydrogens (tertiary/aromatic N) is 9. The summed E-state index contributed by atoms with van der Waals surface area (Å²) in [6, 6.07) is 19.2. The second kappa shape index (κ2) is 33.2. The third kappa shape index (κ3) is 20.4. The van der Waals surface area contributed by atoms with Gasteiger partial charge in [-0.15, -0.1) is 0 Å². The van der Waals surface area contributed by atoms with Gasteiger partial charge in [0.15, 0.2) is 22.3 Å². The lowest BCUT2D eigenvalue weighted by atomic mass is 9.86. The van der Waals surface area contributed by atoms with E-state index in [2.05, 4.69) is 70.2 Å². The molecule has 35 nitrogen and oxygen atoms in total. The molecule has 0 radical (unpaired) electrons. The van der Waals surface area contributed by atoms with Crippen LogP contribution >= 0.6 is 15.2 Å². The molecule has 0 spiro atoms. The number of likely N-dealkylation sites (tertiary alicyclic amines) is 1. The zero-order valence-electron chi connectivity index (χ0n) is 56.5. The smallest absolute Gasteiger partial charge is 0.396 e. The van der Waals surface area contributed by atoms with Crippen LogP contribution in [0.4, 0.5) is 46.9 Å². The van der Waals surface area contributed by atoms with Crippen LogP contribution in [0, 0.1) is 24.1 Å². The number of nitrogen functional groups attached to an aromatic ring is 4. The average molecular weight is 1510 g/mol. The Labute approximate surface area is 594 Å². The maximum atomic E-state index is 13.9. The number of β-amino-alcohol motifs (C(OH)–C–C–N with tert-alkyl or cyclic N) is 1. The Morgan fingerprint density at radius 3 is 1.94 bits per heavy atom. The van der Waals surface area contributed by atoms with Crippen molar-refractivity contribution in [3.63, 3.8) is 0 Å². The van der Waals surface area contributed by atoms with Gasteiger partial charge in [-0.25, -0.2) is 19.3 Å². The van der Waals surface area contributed by atoms with Crippen LogP contribution in [0.5, 0.6) is 0 Å². The normalized spacial score (nSPS) is 14.5. The first-order valence-corrected chi connectivity index (χ1v) is 35.4. The van der Waals surface area contributed by atoms with Crippen LogP contribution in [-0.4, -0.2) is 153 Å².